The molecule has 3 nitrogen and oxygen atoms in total. The zero-order valence-electron chi connectivity index (χ0n) is 10.1. The number of hydrogen-bond donors (Lipinski definition) is 1. The number of aliphatic hydroxyl groups excluding tert-OH is 1. The number of nitrogens with zero attached hydrogens (tertiary/aromatic N) is 1. The van der Waals surface area contributed by atoms with E-state index in [-0.39, 0.29) is 11.8 Å². The van der Waals surface area contributed by atoms with Crippen LogP contribution in [0.4, 0.5) is 0 Å². The van der Waals surface area contributed by atoms with E-state index in [0.717, 1.165) is 12.8 Å². The van der Waals surface area contributed by atoms with Crippen molar-refractivity contribution in [1.82, 2.24) is 4.90 Å². The monoisotopic (exact) mass is 213 g/mol. The third-order valence-corrected chi connectivity index (χ3v) is 3.48. The molecule has 3 heteroatoms. The Morgan fingerprint density at radius 1 is 1.27 bits per heavy atom. The largest absolute Gasteiger partial charge is 0.392 e. The number of amides is 1. The van der Waals surface area contributed by atoms with E-state index in [0.29, 0.717) is 5.92 Å². The van der Waals surface area contributed by atoms with E-state index in [2.05, 4.69) is 0 Å². The van der Waals surface area contributed by atoms with Crippen molar-refractivity contribution in [3.05, 3.63) is 0 Å². The Balaban J connectivity index is 2.50. The van der Waals surface area contributed by atoms with Gasteiger partial charge < -0.3 is 10.0 Å². The molecule has 1 N–H and O–H groups in total. The number of aliphatic hydroxyl groups is 1. The molecule has 15 heavy (non-hydrogen) atoms. The topological polar surface area (TPSA) is 40.5 Å². The molecule has 0 radical (unpaired) electrons. The van der Waals surface area contributed by atoms with E-state index >= 15 is 0 Å². The molecule has 0 aliphatic heterocycles. The predicted molar refractivity (Wildman–Crippen MR) is 60.4 cm³/mol. The highest BCUT2D eigenvalue weighted by Gasteiger charge is 2.30. The maximum Gasteiger partial charge on any atom is 0.227 e. The average molecular weight is 213 g/mol. The summed E-state index contributed by atoms with van der Waals surface area (Å²) in [6.45, 7) is 1.83. The van der Waals surface area contributed by atoms with Crippen molar-refractivity contribution in [3.8, 4) is 0 Å². The molecule has 0 bridgehead atoms. The van der Waals surface area contributed by atoms with Crippen LogP contribution in [0.3, 0.4) is 0 Å². The fraction of sp³-hybridized carbons (Fsp3) is 0.917. The molecule has 1 saturated carbocycles. The van der Waals surface area contributed by atoms with Crippen molar-refractivity contribution in [2.75, 3.05) is 14.1 Å². The van der Waals surface area contributed by atoms with Crippen molar-refractivity contribution < 1.29 is 9.90 Å². The van der Waals surface area contributed by atoms with Crippen molar-refractivity contribution in [2.45, 2.75) is 45.1 Å². The van der Waals surface area contributed by atoms with Gasteiger partial charge >= 0.3 is 0 Å². The van der Waals surface area contributed by atoms with Crippen LogP contribution in [0.1, 0.15) is 39.0 Å². The highest BCUT2D eigenvalue weighted by molar-refractivity contribution is 5.78. The number of carbonyl (C=O) groups excluding carboxylic acids is 1. The van der Waals surface area contributed by atoms with E-state index in [1.54, 1.807) is 19.0 Å². The molecule has 0 aromatic rings. The zero-order valence-corrected chi connectivity index (χ0v) is 10.1. The quantitative estimate of drug-likeness (QED) is 0.774. The van der Waals surface area contributed by atoms with Crippen LogP contribution in [0.15, 0.2) is 0 Å². The van der Waals surface area contributed by atoms with Gasteiger partial charge in [0, 0.05) is 14.1 Å². The lowest BCUT2D eigenvalue weighted by atomic mass is 9.80. The Hall–Kier alpha value is -0.570. The maximum atomic E-state index is 11.7. The predicted octanol–water partition coefficient (Wildman–Crippen LogP) is 1.65. The molecule has 0 unspecified atom stereocenters. The number of rotatable bonds is 3. The summed E-state index contributed by atoms with van der Waals surface area (Å²) in [5.74, 6) is 0.105. The second-order valence-electron chi connectivity index (χ2n) is 4.91. The van der Waals surface area contributed by atoms with Crippen LogP contribution < -0.4 is 0 Å². The van der Waals surface area contributed by atoms with E-state index < -0.39 is 6.10 Å². The van der Waals surface area contributed by atoms with Crippen molar-refractivity contribution in [2.24, 2.45) is 11.8 Å². The molecule has 0 aromatic carbocycles. The van der Waals surface area contributed by atoms with Gasteiger partial charge in [0.15, 0.2) is 0 Å². The van der Waals surface area contributed by atoms with Gasteiger partial charge in [0.05, 0.1) is 12.0 Å². The number of carbonyl (C=O) groups is 1. The average Bonchev–Trinajstić information content (AvgIpc) is 2.27. The Morgan fingerprint density at radius 3 is 2.27 bits per heavy atom. The molecular formula is C12H23NO2. The SMILES string of the molecule is C[C@H](C(=O)N(C)C)[C@H](O)C1CCCCC1. The second-order valence-corrected chi connectivity index (χ2v) is 4.91. The van der Waals surface area contributed by atoms with Crippen LogP contribution in [-0.2, 0) is 4.79 Å². The molecule has 88 valence electrons. The van der Waals surface area contributed by atoms with Crippen molar-refractivity contribution in [1.29, 1.82) is 0 Å². The summed E-state index contributed by atoms with van der Waals surface area (Å²) in [7, 11) is 3.48. The van der Waals surface area contributed by atoms with Crippen molar-refractivity contribution in [3.63, 3.8) is 0 Å². The maximum absolute atomic E-state index is 11.7. The smallest absolute Gasteiger partial charge is 0.227 e. The van der Waals surface area contributed by atoms with Crippen LogP contribution >= 0.6 is 0 Å². The second kappa shape index (κ2) is 5.50. The first-order chi connectivity index (χ1) is 7.04. The minimum Gasteiger partial charge on any atom is -0.392 e. The standard InChI is InChI=1S/C12H23NO2/c1-9(12(15)13(2)3)11(14)10-7-5-4-6-8-10/h9-11,14H,4-8H2,1-3H3/t9-,11-/m0/s1. The molecule has 0 spiro atoms. The first kappa shape index (κ1) is 12.5. The van der Waals surface area contributed by atoms with Crippen LogP contribution in [0.2, 0.25) is 0 Å². The third kappa shape index (κ3) is 3.20. The third-order valence-electron chi connectivity index (χ3n) is 3.48. The molecule has 0 heterocycles. The highest BCUT2D eigenvalue weighted by Crippen LogP contribution is 2.29. The van der Waals surface area contributed by atoms with Crippen LogP contribution in [0.25, 0.3) is 0 Å². The van der Waals surface area contributed by atoms with Gasteiger partial charge in [-0.05, 0) is 18.8 Å². The van der Waals surface area contributed by atoms with Crippen LogP contribution in [0, 0.1) is 11.8 Å². The Bertz CT molecular complexity index is 210. The summed E-state index contributed by atoms with van der Waals surface area (Å²) < 4.78 is 0. The molecular weight excluding hydrogens is 190 g/mol. The number of hydrogen-bond acceptors (Lipinski definition) is 2. The molecule has 1 aliphatic rings. The Morgan fingerprint density at radius 2 is 1.80 bits per heavy atom. The fourth-order valence-electron chi connectivity index (χ4n) is 2.44. The molecule has 1 rings (SSSR count). The Kier molecular flexibility index (Phi) is 4.58. The minimum atomic E-state index is -0.458. The summed E-state index contributed by atoms with van der Waals surface area (Å²) in [5, 5.41) is 10.1. The lowest BCUT2D eigenvalue weighted by Crippen LogP contribution is -2.39. The first-order valence-electron chi connectivity index (χ1n) is 5.93. The molecule has 1 aliphatic carbocycles. The summed E-state index contributed by atoms with van der Waals surface area (Å²) in [5.41, 5.74) is 0. The lowest BCUT2D eigenvalue weighted by molar-refractivity contribution is -0.137. The summed E-state index contributed by atoms with van der Waals surface area (Å²) in [6.07, 6.45) is 5.37. The highest BCUT2D eigenvalue weighted by atomic mass is 16.3. The molecule has 1 fully saturated rings. The van der Waals surface area contributed by atoms with Gasteiger partial charge in [-0.2, -0.15) is 0 Å². The van der Waals surface area contributed by atoms with Gasteiger partial charge in [-0.25, -0.2) is 0 Å². The van der Waals surface area contributed by atoms with Gasteiger partial charge in [-0.15, -0.1) is 0 Å². The van der Waals surface area contributed by atoms with Gasteiger partial charge in [-0.3, -0.25) is 4.79 Å². The van der Waals surface area contributed by atoms with E-state index in [9.17, 15) is 9.90 Å². The summed E-state index contributed by atoms with van der Waals surface area (Å²) in [6, 6.07) is 0. The van der Waals surface area contributed by atoms with Gasteiger partial charge in [0.1, 0.15) is 0 Å². The summed E-state index contributed by atoms with van der Waals surface area (Å²) >= 11 is 0. The molecule has 0 aromatic heterocycles. The lowest BCUT2D eigenvalue weighted by Gasteiger charge is -2.31. The van der Waals surface area contributed by atoms with E-state index in [1.807, 2.05) is 6.92 Å². The fourth-order valence-corrected chi connectivity index (χ4v) is 2.44. The minimum absolute atomic E-state index is 0.0353. The van der Waals surface area contributed by atoms with Gasteiger partial charge in [0.2, 0.25) is 5.91 Å². The van der Waals surface area contributed by atoms with Gasteiger partial charge in [0.25, 0.3) is 0 Å². The summed E-state index contributed by atoms with van der Waals surface area (Å²) in [4.78, 5) is 13.3. The molecule has 1 amide bonds. The van der Waals surface area contributed by atoms with E-state index in [1.165, 1.54) is 19.3 Å². The first-order valence-corrected chi connectivity index (χ1v) is 5.93. The Labute approximate surface area is 92.5 Å². The zero-order chi connectivity index (χ0) is 11.4. The van der Waals surface area contributed by atoms with Crippen LogP contribution in [-0.4, -0.2) is 36.1 Å². The normalized spacial score (nSPS) is 22.1. The molecule has 2 atom stereocenters. The molecule has 0 saturated heterocycles. The van der Waals surface area contributed by atoms with E-state index in [4.69, 9.17) is 0 Å². The van der Waals surface area contributed by atoms with Crippen molar-refractivity contribution >= 4 is 5.91 Å². The van der Waals surface area contributed by atoms with Gasteiger partial charge in [-0.1, -0.05) is 26.2 Å². The van der Waals surface area contributed by atoms with Crippen LogP contribution in [0.5, 0.6) is 0 Å².